The summed E-state index contributed by atoms with van der Waals surface area (Å²) in [4.78, 5) is 12.1. The van der Waals surface area contributed by atoms with Crippen molar-refractivity contribution in [3.63, 3.8) is 0 Å². The summed E-state index contributed by atoms with van der Waals surface area (Å²) in [6.07, 6.45) is 16.1. The molecule has 3 saturated carbocycles. The highest BCUT2D eigenvalue weighted by atomic mass is 16.1. The average molecular weight is 300 g/mol. The summed E-state index contributed by atoms with van der Waals surface area (Å²) in [5, 5.41) is 0. The Bertz CT molecular complexity index is 506. The Labute approximate surface area is 135 Å². The lowest BCUT2D eigenvalue weighted by Crippen LogP contribution is -2.50. The maximum absolute atomic E-state index is 12.1. The molecule has 122 valence electrons. The van der Waals surface area contributed by atoms with Gasteiger partial charge in [-0.15, -0.1) is 0 Å². The lowest BCUT2D eigenvalue weighted by Gasteiger charge is -2.58. The Morgan fingerprint density at radius 1 is 1.05 bits per heavy atom. The fourth-order valence-electron chi connectivity index (χ4n) is 7.31. The van der Waals surface area contributed by atoms with E-state index in [2.05, 4.69) is 26.0 Å². The molecule has 0 amide bonds. The van der Waals surface area contributed by atoms with Gasteiger partial charge in [-0.25, -0.2) is 0 Å². The minimum absolute atomic E-state index is 0.158. The zero-order chi connectivity index (χ0) is 15.5. The summed E-state index contributed by atoms with van der Waals surface area (Å²) in [6.45, 7) is 6.80. The van der Waals surface area contributed by atoms with Crippen LogP contribution in [0.2, 0.25) is 0 Å². The summed E-state index contributed by atoms with van der Waals surface area (Å²) < 4.78 is 0. The molecule has 4 aliphatic rings. The molecule has 0 aromatic rings. The number of rotatable bonds is 1. The molecule has 1 unspecified atom stereocenters. The maximum Gasteiger partial charge on any atom is 0.133 e. The van der Waals surface area contributed by atoms with E-state index in [-0.39, 0.29) is 11.3 Å². The van der Waals surface area contributed by atoms with Gasteiger partial charge >= 0.3 is 0 Å². The Morgan fingerprint density at radius 3 is 2.64 bits per heavy atom. The SMILES string of the molecule is CC(=O)[C@H]1CC[C@H]2[C@@H]3CCC4CCCC[C@]4(C)[C@H]3C=C[C@]12C. The van der Waals surface area contributed by atoms with Gasteiger partial charge in [0.2, 0.25) is 0 Å². The van der Waals surface area contributed by atoms with Crippen molar-refractivity contribution in [2.24, 2.45) is 40.4 Å². The van der Waals surface area contributed by atoms with Crippen molar-refractivity contribution in [1.29, 1.82) is 0 Å². The average Bonchev–Trinajstić information content (AvgIpc) is 2.84. The van der Waals surface area contributed by atoms with E-state index >= 15 is 0 Å². The number of allylic oxidation sites excluding steroid dienone is 2. The molecule has 1 heteroatoms. The minimum atomic E-state index is 0.158. The summed E-state index contributed by atoms with van der Waals surface area (Å²) in [6, 6.07) is 0. The highest BCUT2D eigenvalue weighted by Crippen LogP contribution is 2.65. The molecule has 0 spiro atoms. The molecule has 0 aromatic heterocycles. The number of ketones is 1. The topological polar surface area (TPSA) is 17.1 Å². The van der Waals surface area contributed by atoms with Gasteiger partial charge in [0.05, 0.1) is 0 Å². The predicted octanol–water partition coefficient (Wildman–Crippen LogP) is 5.40. The molecule has 0 bridgehead atoms. The van der Waals surface area contributed by atoms with E-state index in [1.807, 2.05) is 6.92 Å². The summed E-state index contributed by atoms with van der Waals surface area (Å²) in [7, 11) is 0. The number of hydrogen-bond acceptors (Lipinski definition) is 1. The van der Waals surface area contributed by atoms with E-state index in [4.69, 9.17) is 0 Å². The van der Waals surface area contributed by atoms with Gasteiger partial charge in [0.25, 0.3) is 0 Å². The normalized spacial score (nSPS) is 53.5. The Balaban J connectivity index is 1.70. The fourth-order valence-corrected chi connectivity index (χ4v) is 7.31. The number of fused-ring (bicyclic) bond motifs is 5. The molecular formula is C21H32O. The second-order valence-electron chi connectivity index (χ2n) is 9.29. The van der Waals surface area contributed by atoms with Crippen LogP contribution in [0.25, 0.3) is 0 Å². The van der Waals surface area contributed by atoms with Gasteiger partial charge in [-0.1, -0.05) is 38.8 Å². The van der Waals surface area contributed by atoms with Crippen LogP contribution in [-0.2, 0) is 4.79 Å². The Kier molecular flexibility index (Phi) is 3.37. The summed E-state index contributed by atoms with van der Waals surface area (Å²) in [5.74, 6) is 4.06. The van der Waals surface area contributed by atoms with Crippen LogP contribution in [0.3, 0.4) is 0 Å². The standard InChI is InChI=1S/C21H32O/c1-14(22)17-9-10-18-16-8-7-15-6-4-5-12-20(15,2)19(16)11-13-21(17,18)3/h11,13,15-19H,4-10,12H2,1-3H3/t15?,16-,17+,18-,19-,20-,21+/m0/s1. The third kappa shape index (κ3) is 1.86. The first-order chi connectivity index (χ1) is 10.5. The zero-order valence-electron chi connectivity index (χ0n) is 14.6. The number of carbonyl (C=O) groups is 1. The van der Waals surface area contributed by atoms with Gasteiger partial charge in [-0.3, -0.25) is 4.79 Å². The van der Waals surface area contributed by atoms with E-state index < -0.39 is 0 Å². The van der Waals surface area contributed by atoms with Crippen molar-refractivity contribution in [2.75, 3.05) is 0 Å². The monoisotopic (exact) mass is 300 g/mol. The highest BCUT2D eigenvalue weighted by Gasteiger charge is 2.58. The van der Waals surface area contributed by atoms with E-state index in [1.165, 1.54) is 44.9 Å². The van der Waals surface area contributed by atoms with Crippen molar-refractivity contribution in [3.05, 3.63) is 12.2 Å². The van der Waals surface area contributed by atoms with Crippen LogP contribution >= 0.6 is 0 Å². The molecule has 0 heterocycles. The molecule has 4 aliphatic carbocycles. The van der Waals surface area contributed by atoms with Gasteiger partial charge in [0.15, 0.2) is 0 Å². The lowest BCUT2D eigenvalue weighted by atomic mass is 9.47. The van der Waals surface area contributed by atoms with Crippen LogP contribution in [0, 0.1) is 40.4 Å². The third-order valence-electron chi connectivity index (χ3n) is 8.51. The van der Waals surface area contributed by atoms with Crippen molar-refractivity contribution in [2.45, 2.75) is 72.1 Å². The van der Waals surface area contributed by atoms with Crippen LogP contribution in [-0.4, -0.2) is 5.78 Å². The first-order valence-electron chi connectivity index (χ1n) is 9.66. The smallest absolute Gasteiger partial charge is 0.133 e. The quantitative estimate of drug-likeness (QED) is 0.592. The largest absolute Gasteiger partial charge is 0.300 e. The number of carbonyl (C=O) groups excluding carboxylic acids is 1. The Hall–Kier alpha value is -0.590. The van der Waals surface area contributed by atoms with Gasteiger partial charge in [0.1, 0.15) is 5.78 Å². The van der Waals surface area contributed by atoms with Crippen molar-refractivity contribution < 1.29 is 4.79 Å². The van der Waals surface area contributed by atoms with Gasteiger partial charge < -0.3 is 0 Å². The lowest BCUT2D eigenvalue weighted by molar-refractivity contribution is -0.124. The summed E-state index contributed by atoms with van der Waals surface area (Å²) in [5.41, 5.74) is 0.707. The van der Waals surface area contributed by atoms with E-state index in [9.17, 15) is 4.79 Å². The van der Waals surface area contributed by atoms with Crippen molar-refractivity contribution in [3.8, 4) is 0 Å². The molecule has 22 heavy (non-hydrogen) atoms. The molecule has 0 radical (unpaired) electrons. The van der Waals surface area contributed by atoms with E-state index in [0.717, 1.165) is 30.1 Å². The van der Waals surface area contributed by atoms with Crippen LogP contribution < -0.4 is 0 Å². The number of Topliss-reactive ketones (excluding diaryl/α,β-unsaturated/α-hetero) is 1. The molecular weight excluding hydrogens is 268 g/mol. The molecule has 0 aliphatic heterocycles. The molecule has 0 aromatic carbocycles. The minimum Gasteiger partial charge on any atom is -0.300 e. The highest BCUT2D eigenvalue weighted by molar-refractivity contribution is 5.80. The Morgan fingerprint density at radius 2 is 1.86 bits per heavy atom. The van der Waals surface area contributed by atoms with Crippen LogP contribution in [0.15, 0.2) is 12.2 Å². The fraction of sp³-hybridized carbons (Fsp3) is 0.857. The van der Waals surface area contributed by atoms with Gasteiger partial charge in [-0.2, -0.15) is 0 Å². The molecule has 3 fully saturated rings. The van der Waals surface area contributed by atoms with Crippen LogP contribution in [0.1, 0.15) is 72.1 Å². The van der Waals surface area contributed by atoms with Crippen molar-refractivity contribution >= 4 is 5.78 Å². The third-order valence-corrected chi connectivity index (χ3v) is 8.51. The molecule has 1 nitrogen and oxygen atoms in total. The van der Waals surface area contributed by atoms with Crippen LogP contribution in [0.5, 0.6) is 0 Å². The van der Waals surface area contributed by atoms with Gasteiger partial charge in [-0.05, 0) is 80.0 Å². The summed E-state index contributed by atoms with van der Waals surface area (Å²) >= 11 is 0. The first kappa shape index (κ1) is 15.0. The number of hydrogen-bond donors (Lipinski definition) is 0. The van der Waals surface area contributed by atoms with E-state index in [1.54, 1.807) is 0 Å². The first-order valence-corrected chi connectivity index (χ1v) is 9.66. The predicted molar refractivity (Wildman–Crippen MR) is 90.4 cm³/mol. The van der Waals surface area contributed by atoms with Gasteiger partial charge in [0, 0.05) is 5.92 Å². The van der Waals surface area contributed by atoms with Crippen molar-refractivity contribution in [1.82, 2.24) is 0 Å². The zero-order valence-corrected chi connectivity index (χ0v) is 14.6. The maximum atomic E-state index is 12.1. The molecule has 4 rings (SSSR count). The van der Waals surface area contributed by atoms with Crippen LogP contribution in [0.4, 0.5) is 0 Å². The second-order valence-corrected chi connectivity index (χ2v) is 9.29. The second kappa shape index (κ2) is 4.95. The molecule has 0 saturated heterocycles. The van der Waals surface area contributed by atoms with E-state index in [0.29, 0.717) is 11.2 Å². The molecule has 0 N–H and O–H groups in total. The molecule has 7 atom stereocenters.